The summed E-state index contributed by atoms with van der Waals surface area (Å²) in [5.74, 6) is 1.12. The van der Waals surface area contributed by atoms with E-state index in [9.17, 15) is 4.79 Å². The van der Waals surface area contributed by atoms with Gasteiger partial charge in [0.2, 0.25) is 0 Å². The first kappa shape index (κ1) is 16.3. The van der Waals surface area contributed by atoms with Crippen molar-refractivity contribution in [3.05, 3.63) is 72.3 Å². The molecule has 0 fully saturated rings. The highest BCUT2D eigenvalue weighted by molar-refractivity contribution is 5.95. The predicted octanol–water partition coefficient (Wildman–Crippen LogP) is 3.02. The van der Waals surface area contributed by atoms with Crippen LogP contribution in [0.1, 0.15) is 15.9 Å². The quantitative estimate of drug-likeness (QED) is 0.486. The van der Waals surface area contributed by atoms with Gasteiger partial charge in [-0.05, 0) is 42.0 Å². The fraction of sp³-hybridized carbons (Fsp3) is 0.111. The lowest BCUT2D eigenvalue weighted by Crippen LogP contribution is -2.17. The molecular formula is C18H18N2O3. The monoisotopic (exact) mass is 310 g/mol. The number of rotatable bonds is 7. The van der Waals surface area contributed by atoms with E-state index in [0.717, 1.165) is 11.3 Å². The largest absolute Gasteiger partial charge is 0.497 e. The Hall–Kier alpha value is -3.08. The molecule has 0 aliphatic rings. The lowest BCUT2D eigenvalue weighted by Gasteiger charge is -2.04. The molecule has 0 aliphatic heterocycles. The number of hydrogen-bond donors (Lipinski definition) is 1. The molecule has 2 aromatic carbocycles. The standard InChI is InChI=1S/C18H18N2O3/c1-3-11-23-17-6-4-5-14(12-17)13-19-20-18(21)15-7-9-16(22-2)10-8-15/h3-10,12-13H,1,11H2,2H3,(H,20,21)/b19-13-. The molecule has 118 valence electrons. The molecule has 0 heterocycles. The second-order valence-electron chi connectivity index (χ2n) is 4.60. The van der Waals surface area contributed by atoms with E-state index in [1.165, 1.54) is 0 Å². The van der Waals surface area contributed by atoms with Gasteiger partial charge in [-0.15, -0.1) is 0 Å². The van der Waals surface area contributed by atoms with Crippen LogP contribution in [0.25, 0.3) is 0 Å². The van der Waals surface area contributed by atoms with Gasteiger partial charge in [-0.1, -0.05) is 24.8 Å². The van der Waals surface area contributed by atoms with Crippen molar-refractivity contribution in [1.29, 1.82) is 0 Å². The van der Waals surface area contributed by atoms with Gasteiger partial charge in [0.05, 0.1) is 13.3 Å². The van der Waals surface area contributed by atoms with Crippen LogP contribution in [0.15, 0.2) is 66.3 Å². The highest BCUT2D eigenvalue weighted by atomic mass is 16.5. The Bertz CT molecular complexity index is 694. The Balaban J connectivity index is 1.94. The molecule has 23 heavy (non-hydrogen) atoms. The first-order valence-electron chi connectivity index (χ1n) is 7.04. The third-order valence-electron chi connectivity index (χ3n) is 2.96. The molecule has 0 saturated carbocycles. The maximum atomic E-state index is 11.9. The zero-order valence-electron chi connectivity index (χ0n) is 12.9. The van der Waals surface area contributed by atoms with Crippen LogP contribution in [-0.4, -0.2) is 25.8 Å². The van der Waals surface area contributed by atoms with Crippen LogP contribution >= 0.6 is 0 Å². The SMILES string of the molecule is C=CCOc1cccc(/C=N\NC(=O)c2ccc(OC)cc2)c1. The number of hydrogen-bond acceptors (Lipinski definition) is 4. The minimum atomic E-state index is -0.289. The second kappa shape index (κ2) is 8.38. The normalized spacial score (nSPS) is 10.3. The molecule has 0 bridgehead atoms. The number of carbonyl (C=O) groups excluding carboxylic acids is 1. The molecule has 0 spiro atoms. The number of nitrogens with zero attached hydrogens (tertiary/aromatic N) is 1. The van der Waals surface area contributed by atoms with E-state index >= 15 is 0 Å². The number of benzene rings is 2. The van der Waals surface area contributed by atoms with E-state index in [4.69, 9.17) is 9.47 Å². The predicted molar refractivity (Wildman–Crippen MR) is 90.2 cm³/mol. The zero-order chi connectivity index (χ0) is 16.5. The summed E-state index contributed by atoms with van der Waals surface area (Å²) in [7, 11) is 1.58. The van der Waals surface area contributed by atoms with Gasteiger partial charge >= 0.3 is 0 Å². The average Bonchev–Trinajstić information content (AvgIpc) is 2.60. The molecule has 2 rings (SSSR count). The van der Waals surface area contributed by atoms with Crippen molar-refractivity contribution in [3.8, 4) is 11.5 Å². The molecule has 0 aliphatic carbocycles. The first-order valence-corrected chi connectivity index (χ1v) is 7.04. The first-order chi connectivity index (χ1) is 11.2. The maximum Gasteiger partial charge on any atom is 0.271 e. The van der Waals surface area contributed by atoms with E-state index in [1.807, 2.05) is 24.3 Å². The van der Waals surface area contributed by atoms with Crippen molar-refractivity contribution in [3.63, 3.8) is 0 Å². The van der Waals surface area contributed by atoms with Gasteiger partial charge in [0, 0.05) is 5.56 Å². The van der Waals surface area contributed by atoms with Gasteiger partial charge in [0.25, 0.3) is 5.91 Å². The van der Waals surface area contributed by atoms with Gasteiger partial charge in [-0.25, -0.2) is 5.43 Å². The summed E-state index contributed by atoms with van der Waals surface area (Å²) < 4.78 is 10.5. The molecule has 2 aromatic rings. The molecule has 0 atom stereocenters. The molecule has 0 saturated heterocycles. The highest BCUT2D eigenvalue weighted by Gasteiger charge is 2.03. The summed E-state index contributed by atoms with van der Waals surface area (Å²) in [6.45, 7) is 4.04. The molecule has 1 N–H and O–H groups in total. The fourth-order valence-corrected chi connectivity index (χ4v) is 1.81. The van der Waals surface area contributed by atoms with Crippen molar-refractivity contribution in [1.82, 2.24) is 5.43 Å². The van der Waals surface area contributed by atoms with Gasteiger partial charge in [0.15, 0.2) is 0 Å². The Kier molecular flexibility index (Phi) is 5.94. The highest BCUT2D eigenvalue weighted by Crippen LogP contribution is 2.12. The topological polar surface area (TPSA) is 59.9 Å². The maximum absolute atomic E-state index is 11.9. The molecule has 0 aromatic heterocycles. The van der Waals surface area contributed by atoms with Gasteiger partial charge in [-0.3, -0.25) is 4.79 Å². The van der Waals surface area contributed by atoms with Crippen molar-refractivity contribution in [2.75, 3.05) is 13.7 Å². The minimum absolute atomic E-state index is 0.289. The van der Waals surface area contributed by atoms with Crippen LogP contribution in [0.5, 0.6) is 11.5 Å². The summed E-state index contributed by atoms with van der Waals surface area (Å²) in [5.41, 5.74) is 3.81. The number of methoxy groups -OCH3 is 1. The number of amides is 1. The van der Waals surface area contributed by atoms with Crippen LogP contribution in [-0.2, 0) is 0 Å². The summed E-state index contributed by atoms with van der Waals surface area (Å²) >= 11 is 0. The van der Waals surface area contributed by atoms with Crippen molar-refractivity contribution < 1.29 is 14.3 Å². The summed E-state index contributed by atoms with van der Waals surface area (Å²) in [6, 6.07) is 14.2. The number of nitrogens with one attached hydrogen (secondary N) is 1. The van der Waals surface area contributed by atoms with Gasteiger partial charge in [-0.2, -0.15) is 5.10 Å². The number of hydrazone groups is 1. The van der Waals surface area contributed by atoms with E-state index in [-0.39, 0.29) is 5.91 Å². The van der Waals surface area contributed by atoms with E-state index < -0.39 is 0 Å². The smallest absolute Gasteiger partial charge is 0.271 e. The third-order valence-corrected chi connectivity index (χ3v) is 2.96. The summed E-state index contributed by atoms with van der Waals surface area (Å²) in [6.07, 6.45) is 3.23. The summed E-state index contributed by atoms with van der Waals surface area (Å²) in [4.78, 5) is 11.9. The van der Waals surface area contributed by atoms with Crippen LogP contribution in [0.3, 0.4) is 0 Å². The van der Waals surface area contributed by atoms with Crippen molar-refractivity contribution in [2.45, 2.75) is 0 Å². The van der Waals surface area contributed by atoms with Crippen LogP contribution < -0.4 is 14.9 Å². The zero-order valence-corrected chi connectivity index (χ0v) is 12.9. The Labute approximate surface area is 135 Å². The Morgan fingerprint density at radius 2 is 2.00 bits per heavy atom. The third kappa shape index (κ3) is 5.00. The van der Waals surface area contributed by atoms with Crippen LogP contribution in [0.4, 0.5) is 0 Å². The number of carbonyl (C=O) groups is 1. The molecule has 5 nitrogen and oxygen atoms in total. The van der Waals surface area contributed by atoms with E-state index in [1.54, 1.807) is 43.7 Å². The average molecular weight is 310 g/mol. The lowest BCUT2D eigenvalue weighted by molar-refractivity contribution is 0.0955. The number of ether oxygens (including phenoxy) is 2. The van der Waals surface area contributed by atoms with E-state index in [2.05, 4.69) is 17.1 Å². The van der Waals surface area contributed by atoms with Gasteiger partial charge in [0.1, 0.15) is 18.1 Å². The fourth-order valence-electron chi connectivity index (χ4n) is 1.81. The van der Waals surface area contributed by atoms with Crippen molar-refractivity contribution in [2.24, 2.45) is 5.10 Å². The Morgan fingerprint density at radius 3 is 2.70 bits per heavy atom. The van der Waals surface area contributed by atoms with Crippen LogP contribution in [0.2, 0.25) is 0 Å². The minimum Gasteiger partial charge on any atom is -0.497 e. The Morgan fingerprint density at radius 1 is 1.22 bits per heavy atom. The molecular weight excluding hydrogens is 292 g/mol. The second-order valence-corrected chi connectivity index (χ2v) is 4.60. The van der Waals surface area contributed by atoms with Crippen LogP contribution in [0, 0.1) is 0 Å². The van der Waals surface area contributed by atoms with Crippen molar-refractivity contribution >= 4 is 12.1 Å². The molecule has 1 amide bonds. The van der Waals surface area contributed by atoms with Gasteiger partial charge < -0.3 is 9.47 Å². The molecule has 0 radical (unpaired) electrons. The summed E-state index contributed by atoms with van der Waals surface area (Å²) in [5, 5.41) is 3.95. The molecule has 5 heteroatoms. The molecule has 0 unspecified atom stereocenters. The van der Waals surface area contributed by atoms with E-state index in [0.29, 0.717) is 17.9 Å². The lowest BCUT2D eigenvalue weighted by atomic mass is 10.2.